The van der Waals surface area contributed by atoms with E-state index in [9.17, 15) is 13.2 Å². The van der Waals surface area contributed by atoms with Crippen LogP contribution in [-0.4, -0.2) is 19.5 Å². The molecule has 0 atom stereocenters. The Morgan fingerprint density at radius 3 is 1.93 bits per heavy atom. The van der Waals surface area contributed by atoms with Crippen LogP contribution in [0.4, 0.5) is 0 Å². The van der Waals surface area contributed by atoms with Crippen molar-refractivity contribution in [3.8, 4) is 11.5 Å². The van der Waals surface area contributed by atoms with Gasteiger partial charge in [-0.15, -0.1) is 0 Å². The van der Waals surface area contributed by atoms with E-state index in [1.165, 1.54) is 35.8 Å². The average molecular weight is 395 g/mol. The predicted molar refractivity (Wildman–Crippen MR) is 104 cm³/mol. The van der Waals surface area contributed by atoms with Crippen LogP contribution in [0.15, 0.2) is 94.7 Å². The zero-order chi connectivity index (χ0) is 20.0. The number of hydrogen-bond acceptors (Lipinski definition) is 5. The summed E-state index contributed by atoms with van der Waals surface area (Å²) in [6, 6.07) is 23.2. The van der Waals surface area contributed by atoms with E-state index in [4.69, 9.17) is 9.94 Å². The maximum atomic E-state index is 12.9. The number of carbonyl (C=O) groups excluding carboxylic acids is 1. The maximum absolute atomic E-state index is 12.9. The van der Waals surface area contributed by atoms with Crippen molar-refractivity contribution in [2.45, 2.75) is 4.90 Å². The maximum Gasteiger partial charge on any atom is 0.286 e. The summed E-state index contributed by atoms with van der Waals surface area (Å²) in [5.74, 6) is -0.0544. The van der Waals surface area contributed by atoms with Gasteiger partial charge in [0.1, 0.15) is 16.4 Å². The van der Waals surface area contributed by atoms with Crippen LogP contribution in [0, 0.1) is 0 Å². The number of hydrogen-bond donors (Lipinski definition) is 2. The molecule has 0 aromatic heterocycles. The number of rotatable bonds is 6. The highest BCUT2D eigenvalue weighted by Gasteiger charge is 2.27. The Morgan fingerprint density at radius 2 is 1.36 bits per heavy atom. The van der Waals surface area contributed by atoms with Crippen molar-refractivity contribution in [3.05, 3.63) is 95.4 Å². The summed E-state index contributed by atoms with van der Waals surface area (Å²) < 4.78 is 31.5. The third-order valence-corrected chi connectivity index (χ3v) is 5.60. The standard InChI is InChI=1S/C21H17NO5S/c23-21(22-24)20(15-16-7-3-1-4-8-16)28(25,26)19-13-11-18(12-14-19)27-17-9-5-2-6-10-17/h1-15,24H,(H,22,23). The van der Waals surface area contributed by atoms with Gasteiger partial charge in [-0.05, 0) is 48.0 Å². The molecule has 0 unspecified atom stereocenters. The highest BCUT2D eigenvalue weighted by atomic mass is 32.2. The number of benzene rings is 3. The molecule has 0 aliphatic carbocycles. The van der Waals surface area contributed by atoms with Crippen LogP contribution < -0.4 is 10.2 Å². The third kappa shape index (κ3) is 4.46. The predicted octanol–water partition coefficient (Wildman–Crippen LogP) is 3.80. The minimum Gasteiger partial charge on any atom is -0.457 e. The van der Waals surface area contributed by atoms with Crippen LogP contribution in [0.1, 0.15) is 5.56 Å². The van der Waals surface area contributed by atoms with Crippen molar-refractivity contribution in [3.63, 3.8) is 0 Å². The SMILES string of the molecule is O=C(NO)C(=Cc1ccccc1)S(=O)(=O)c1ccc(Oc2ccccc2)cc1. The second-order valence-corrected chi connectivity index (χ2v) is 7.67. The molecule has 6 nitrogen and oxygen atoms in total. The molecular formula is C21H17NO5S. The first-order valence-corrected chi connectivity index (χ1v) is 9.78. The zero-order valence-corrected chi connectivity index (χ0v) is 15.5. The Kier molecular flexibility index (Phi) is 5.88. The molecular weight excluding hydrogens is 378 g/mol. The summed E-state index contributed by atoms with van der Waals surface area (Å²) in [5, 5.41) is 8.98. The molecule has 28 heavy (non-hydrogen) atoms. The van der Waals surface area contributed by atoms with Crippen molar-refractivity contribution >= 4 is 21.8 Å². The lowest BCUT2D eigenvalue weighted by molar-refractivity contribution is -0.124. The van der Waals surface area contributed by atoms with Crippen molar-refractivity contribution in [1.29, 1.82) is 0 Å². The lowest BCUT2D eigenvalue weighted by atomic mass is 10.2. The number of carbonyl (C=O) groups is 1. The molecule has 3 aromatic rings. The van der Waals surface area contributed by atoms with E-state index in [1.54, 1.807) is 42.5 Å². The molecule has 0 spiro atoms. The van der Waals surface area contributed by atoms with Gasteiger partial charge >= 0.3 is 0 Å². The third-order valence-electron chi connectivity index (χ3n) is 3.83. The second-order valence-electron chi connectivity index (χ2n) is 5.75. The fourth-order valence-corrected chi connectivity index (χ4v) is 3.79. The topological polar surface area (TPSA) is 92.7 Å². The highest BCUT2D eigenvalue weighted by Crippen LogP contribution is 2.26. The van der Waals surface area contributed by atoms with Crippen LogP contribution in [0.5, 0.6) is 11.5 Å². The number of hydroxylamine groups is 1. The molecule has 2 N–H and O–H groups in total. The van der Waals surface area contributed by atoms with Crippen LogP contribution in [-0.2, 0) is 14.6 Å². The van der Waals surface area contributed by atoms with Gasteiger partial charge in [0.15, 0.2) is 0 Å². The van der Waals surface area contributed by atoms with Crippen LogP contribution >= 0.6 is 0 Å². The van der Waals surface area contributed by atoms with E-state index in [-0.39, 0.29) is 4.90 Å². The van der Waals surface area contributed by atoms with Gasteiger partial charge in [0, 0.05) is 0 Å². The molecule has 0 heterocycles. The fraction of sp³-hybridized carbons (Fsp3) is 0. The van der Waals surface area contributed by atoms with E-state index in [1.807, 2.05) is 18.2 Å². The first-order chi connectivity index (χ1) is 13.5. The Hall–Kier alpha value is -3.42. The van der Waals surface area contributed by atoms with Gasteiger partial charge in [-0.3, -0.25) is 10.0 Å². The smallest absolute Gasteiger partial charge is 0.286 e. The van der Waals surface area contributed by atoms with E-state index in [0.29, 0.717) is 17.1 Å². The quantitative estimate of drug-likeness (QED) is 0.376. The Labute approximate surface area is 162 Å². The van der Waals surface area contributed by atoms with Crippen molar-refractivity contribution in [2.75, 3.05) is 0 Å². The largest absolute Gasteiger partial charge is 0.457 e. The second kappa shape index (κ2) is 8.51. The van der Waals surface area contributed by atoms with Gasteiger partial charge in [0.2, 0.25) is 9.84 Å². The molecule has 0 saturated heterocycles. The summed E-state index contributed by atoms with van der Waals surface area (Å²) in [5.41, 5.74) is 1.90. The fourth-order valence-electron chi connectivity index (χ4n) is 2.46. The van der Waals surface area contributed by atoms with Crippen molar-refractivity contribution in [2.24, 2.45) is 0 Å². The number of nitrogens with one attached hydrogen (secondary N) is 1. The minimum atomic E-state index is -4.17. The molecule has 0 aliphatic heterocycles. The highest BCUT2D eigenvalue weighted by molar-refractivity contribution is 7.96. The zero-order valence-electron chi connectivity index (χ0n) is 14.6. The Balaban J connectivity index is 1.93. The summed E-state index contributed by atoms with van der Waals surface area (Å²) in [7, 11) is -4.17. The molecule has 1 amide bonds. The number of para-hydroxylation sites is 1. The van der Waals surface area contributed by atoms with Crippen molar-refractivity contribution < 1.29 is 23.2 Å². The Bertz CT molecular complexity index is 1080. The molecule has 7 heteroatoms. The van der Waals surface area contributed by atoms with E-state index in [0.717, 1.165) is 0 Å². The molecule has 0 fully saturated rings. The van der Waals surface area contributed by atoms with Gasteiger partial charge < -0.3 is 4.74 Å². The molecule has 0 saturated carbocycles. The molecule has 3 aromatic carbocycles. The molecule has 3 rings (SSSR count). The van der Waals surface area contributed by atoms with Gasteiger partial charge in [-0.1, -0.05) is 48.5 Å². The van der Waals surface area contributed by atoms with E-state index < -0.39 is 20.6 Å². The number of amides is 1. The summed E-state index contributed by atoms with van der Waals surface area (Å²) in [4.78, 5) is 11.3. The molecule has 142 valence electrons. The minimum absolute atomic E-state index is 0.0984. The lowest BCUT2D eigenvalue weighted by Crippen LogP contribution is -2.25. The van der Waals surface area contributed by atoms with Crippen LogP contribution in [0.25, 0.3) is 6.08 Å². The number of sulfone groups is 1. The molecule has 0 bridgehead atoms. The summed E-state index contributed by atoms with van der Waals surface area (Å²) in [6.07, 6.45) is 1.20. The van der Waals surface area contributed by atoms with Gasteiger partial charge in [0.25, 0.3) is 5.91 Å². The van der Waals surface area contributed by atoms with Crippen LogP contribution in [0.3, 0.4) is 0 Å². The summed E-state index contributed by atoms with van der Waals surface area (Å²) >= 11 is 0. The molecule has 0 aliphatic rings. The first-order valence-electron chi connectivity index (χ1n) is 8.30. The average Bonchev–Trinajstić information content (AvgIpc) is 2.73. The van der Waals surface area contributed by atoms with E-state index in [2.05, 4.69) is 0 Å². The molecule has 0 radical (unpaired) electrons. The van der Waals surface area contributed by atoms with Gasteiger partial charge in [-0.2, -0.15) is 0 Å². The Morgan fingerprint density at radius 1 is 0.821 bits per heavy atom. The lowest BCUT2D eigenvalue weighted by Gasteiger charge is -2.10. The normalized spacial score (nSPS) is 11.7. The van der Waals surface area contributed by atoms with Crippen molar-refractivity contribution in [1.82, 2.24) is 5.48 Å². The first kappa shape index (κ1) is 19.3. The summed E-state index contributed by atoms with van der Waals surface area (Å²) in [6.45, 7) is 0. The van der Waals surface area contributed by atoms with E-state index >= 15 is 0 Å². The monoisotopic (exact) mass is 395 g/mol. The van der Waals surface area contributed by atoms with Gasteiger partial charge in [-0.25, -0.2) is 13.9 Å². The van der Waals surface area contributed by atoms with Gasteiger partial charge in [0.05, 0.1) is 4.90 Å². The number of ether oxygens (including phenoxy) is 1. The van der Waals surface area contributed by atoms with Crippen LogP contribution in [0.2, 0.25) is 0 Å².